The highest BCUT2D eigenvalue weighted by atomic mass is 35.5. The summed E-state index contributed by atoms with van der Waals surface area (Å²) in [5, 5.41) is 3.86. The Morgan fingerprint density at radius 1 is 1.07 bits per heavy atom. The van der Waals surface area contributed by atoms with Crippen LogP contribution < -0.4 is 5.32 Å². The summed E-state index contributed by atoms with van der Waals surface area (Å²) in [5.41, 5.74) is 1.08. The molecule has 2 fully saturated rings. The van der Waals surface area contributed by atoms with Crippen molar-refractivity contribution in [3.63, 3.8) is 0 Å². The van der Waals surface area contributed by atoms with Crippen molar-refractivity contribution in [1.82, 2.24) is 20.0 Å². The van der Waals surface area contributed by atoms with Crippen molar-refractivity contribution in [1.29, 1.82) is 0 Å². The Morgan fingerprint density at radius 3 is 2.37 bits per heavy atom. The average molecular weight is 393 g/mol. The minimum absolute atomic E-state index is 0.0301. The maximum Gasteiger partial charge on any atom is 0.234 e. The SMILES string of the molecule is CC(=O)N1CCN(CC(=O)NCC(c2ccccc2Cl)N2CCCC2)CC1. The highest BCUT2D eigenvalue weighted by molar-refractivity contribution is 6.31. The smallest absolute Gasteiger partial charge is 0.234 e. The summed E-state index contributed by atoms with van der Waals surface area (Å²) in [4.78, 5) is 30.2. The van der Waals surface area contributed by atoms with Gasteiger partial charge in [0.2, 0.25) is 11.8 Å². The molecule has 148 valence electrons. The van der Waals surface area contributed by atoms with Gasteiger partial charge in [0.15, 0.2) is 0 Å². The van der Waals surface area contributed by atoms with Gasteiger partial charge in [-0.25, -0.2) is 0 Å². The Labute approximate surface area is 166 Å². The Bertz CT molecular complexity index is 655. The van der Waals surface area contributed by atoms with Gasteiger partial charge in [0.1, 0.15) is 0 Å². The van der Waals surface area contributed by atoms with Crippen LogP contribution in [0.25, 0.3) is 0 Å². The molecular formula is C20H29ClN4O2. The van der Waals surface area contributed by atoms with Gasteiger partial charge in [0.25, 0.3) is 0 Å². The Hall–Kier alpha value is -1.63. The largest absolute Gasteiger partial charge is 0.353 e. The topological polar surface area (TPSA) is 55.9 Å². The zero-order valence-corrected chi connectivity index (χ0v) is 16.7. The number of hydrogen-bond donors (Lipinski definition) is 1. The van der Waals surface area contributed by atoms with E-state index < -0.39 is 0 Å². The molecule has 0 aliphatic carbocycles. The second-order valence-electron chi connectivity index (χ2n) is 7.37. The van der Waals surface area contributed by atoms with Gasteiger partial charge in [0, 0.05) is 44.7 Å². The minimum atomic E-state index is 0.0301. The molecule has 0 bridgehead atoms. The second-order valence-corrected chi connectivity index (χ2v) is 7.77. The third-order valence-corrected chi connectivity index (χ3v) is 5.87. The predicted octanol–water partition coefficient (Wildman–Crippen LogP) is 1.76. The van der Waals surface area contributed by atoms with Crippen LogP contribution in [-0.4, -0.2) is 78.9 Å². The van der Waals surface area contributed by atoms with Gasteiger partial charge in [-0.15, -0.1) is 0 Å². The first-order valence-corrected chi connectivity index (χ1v) is 10.2. The molecule has 1 aromatic carbocycles. The molecule has 0 spiro atoms. The number of nitrogens with one attached hydrogen (secondary N) is 1. The van der Waals surface area contributed by atoms with Crippen molar-refractivity contribution >= 4 is 23.4 Å². The molecule has 2 aliphatic heterocycles. The molecular weight excluding hydrogens is 364 g/mol. The second kappa shape index (κ2) is 9.53. The molecule has 0 aromatic heterocycles. The molecule has 6 nitrogen and oxygen atoms in total. The van der Waals surface area contributed by atoms with Crippen molar-refractivity contribution in [2.75, 3.05) is 52.4 Å². The minimum Gasteiger partial charge on any atom is -0.353 e. The van der Waals surface area contributed by atoms with Crippen LogP contribution in [0.3, 0.4) is 0 Å². The lowest BCUT2D eigenvalue weighted by molar-refractivity contribution is -0.131. The molecule has 1 atom stereocenters. The van der Waals surface area contributed by atoms with Crippen LogP contribution in [0.15, 0.2) is 24.3 Å². The zero-order valence-electron chi connectivity index (χ0n) is 16.0. The quantitative estimate of drug-likeness (QED) is 0.801. The summed E-state index contributed by atoms with van der Waals surface area (Å²) in [6.45, 7) is 7.49. The summed E-state index contributed by atoms with van der Waals surface area (Å²) in [7, 11) is 0. The molecule has 2 saturated heterocycles. The summed E-state index contributed by atoms with van der Waals surface area (Å²) in [5.74, 6) is 0.134. The number of benzene rings is 1. The molecule has 2 heterocycles. The van der Waals surface area contributed by atoms with Crippen LogP contribution in [0.4, 0.5) is 0 Å². The molecule has 2 aliphatic rings. The normalized spacial score (nSPS) is 19.9. The molecule has 0 saturated carbocycles. The van der Waals surface area contributed by atoms with Gasteiger partial charge in [-0.05, 0) is 37.6 Å². The van der Waals surface area contributed by atoms with Gasteiger partial charge in [0.05, 0.1) is 12.6 Å². The van der Waals surface area contributed by atoms with Crippen molar-refractivity contribution in [3.8, 4) is 0 Å². The maximum atomic E-state index is 12.5. The monoisotopic (exact) mass is 392 g/mol. The fraction of sp³-hybridized carbons (Fsp3) is 0.600. The van der Waals surface area contributed by atoms with Crippen LogP contribution in [-0.2, 0) is 9.59 Å². The molecule has 1 unspecified atom stereocenters. The Balaban J connectivity index is 1.53. The van der Waals surface area contributed by atoms with Crippen molar-refractivity contribution in [2.24, 2.45) is 0 Å². The number of carbonyl (C=O) groups excluding carboxylic acids is 2. The molecule has 2 amide bonds. The number of halogens is 1. The number of nitrogens with zero attached hydrogens (tertiary/aromatic N) is 3. The predicted molar refractivity (Wildman–Crippen MR) is 107 cm³/mol. The van der Waals surface area contributed by atoms with Gasteiger partial charge < -0.3 is 10.2 Å². The lowest BCUT2D eigenvalue weighted by Gasteiger charge is -2.34. The lowest BCUT2D eigenvalue weighted by Crippen LogP contribution is -2.51. The van der Waals surface area contributed by atoms with Gasteiger partial charge in [-0.3, -0.25) is 19.4 Å². The average Bonchev–Trinajstić information content (AvgIpc) is 3.18. The number of amides is 2. The van der Waals surface area contributed by atoms with Gasteiger partial charge in [-0.1, -0.05) is 29.8 Å². The number of piperazine rings is 1. The number of carbonyl (C=O) groups is 2. The van der Waals surface area contributed by atoms with E-state index in [2.05, 4.69) is 21.2 Å². The zero-order chi connectivity index (χ0) is 19.2. The van der Waals surface area contributed by atoms with E-state index in [1.807, 2.05) is 23.1 Å². The highest BCUT2D eigenvalue weighted by Gasteiger charge is 2.26. The van der Waals surface area contributed by atoms with Crippen LogP contribution in [0.1, 0.15) is 31.4 Å². The molecule has 1 N–H and O–H groups in total. The van der Waals surface area contributed by atoms with Crippen LogP contribution in [0.2, 0.25) is 5.02 Å². The number of rotatable bonds is 6. The summed E-state index contributed by atoms with van der Waals surface area (Å²) < 4.78 is 0. The highest BCUT2D eigenvalue weighted by Crippen LogP contribution is 2.29. The third kappa shape index (κ3) is 5.43. The summed E-state index contributed by atoms with van der Waals surface area (Å²) in [6, 6.07) is 8.02. The fourth-order valence-electron chi connectivity index (χ4n) is 3.92. The van der Waals surface area contributed by atoms with E-state index in [1.165, 1.54) is 12.8 Å². The number of likely N-dealkylation sites (tertiary alicyclic amines) is 1. The third-order valence-electron chi connectivity index (χ3n) is 5.52. The molecule has 1 aromatic rings. The lowest BCUT2D eigenvalue weighted by atomic mass is 10.1. The van der Waals surface area contributed by atoms with Crippen LogP contribution >= 0.6 is 11.6 Å². The van der Waals surface area contributed by atoms with E-state index in [9.17, 15) is 9.59 Å². The van der Waals surface area contributed by atoms with Gasteiger partial charge >= 0.3 is 0 Å². The first-order valence-electron chi connectivity index (χ1n) is 9.77. The van der Waals surface area contributed by atoms with E-state index in [4.69, 9.17) is 11.6 Å². The van der Waals surface area contributed by atoms with E-state index in [-0.39, 0.29) is 17.9 Å². The van der Waals surface area contributed by atoms with Crippen molar-refractivity contribution < 1.29 is 9.59 Å². The Kier molecular flexibility index (Phi) is 7.10. The summed E-state index contributed by atoms with van der Waals surface area (Å²) >= 11 is 6.43. The Morgan fingerprint density at radius 2 is 1.74 bits per heavy atom. The van der Waals surface area contributed by atoms with Crippen molar-refractivity contribution in [3.05, 3.63) is 34.9 Å². The number of hydrogen-bond acceptors (Lipinski definition) is 4. The van der Waals surface area contributed by atoms with Crippen LogP contribution in [0, 0.1) is 0 Å². The van der Waals surface area contributed by atoms with E-state index in [0.717, 1.165) is 36.8 Å². The molecule has 3 rings (SSSR count). The molecule has 7 heteroatoms. The van der Waals surface area contributed by atoms with Gasteiger partial charge in [-0.2, -0.15) is 0 Å². The van der Waals surface area contributed by atoms with Crippen molar-refractivity contribution in [2.45, 2.75) is 25.8 Å². The summed E-state index contributed by atoms with van der Waals surface area (Å²) in [6.07, 6.45) is 2.38. The van der Waals surface area contributed by atoms with E-state index in [0.29, 0.717) is 26.2 Å². The first kappa shape index (κ1) is 20.1. The maximum absolute atomic E-state index is 12.5. The van der Waals surface area contributed by atoms with Crippen LogP contribution in [0.5, 0.6) is 0 Å². The molecule has 0 radical (unpaired) electrons. The standard InChI is InChI=1S/C20H29ClN4O2/c1-16(26)24-12-10-23(11-13-24)15-20(27)22-14-19(25-8-4-5-9-25)17-6-2-3-7-18(17)21/h2-3,6-7,19H,4-5,8-15H2,1H3,(H,22,27). The van der Waals surface area contributed by atoms with E-state index >= 15 is 0 Å². The fourth-order valence-corrected chi connectivity index (χ4v) is 4.19. The van der Waals surface area contributed by atoms with E-state index in [1.54, 1.807) is 6.92 Å². The molecule has 27 heavy (non-hydrogen) atoms. The first-order chi connectivity index (χ1) is 13.0.